The normalized spacial score (nSPS) is 16.3. The first-order valence-corrected chi connectivity index (χ1v) is 12.3. The highest BCUT2D eigenvalue weighted by Crippen LogP contribution is 2.29. The Morgan fingerprint density at radius 1 is 1.14 bits per heavy atom. The first kappa shape index (κ1) is 25.9. The van der Waals surface area contributed by atoms with Gasteiger partial charge in [0.05, 0.1) is 17.2 Å². The molecule has 37 heavy (non-hydrogen) atoms. The molecule has 1 aromatic carbocycles. The lowest BCUT2D eigenvalue weighted by atomic mass is 9.97. The zero-order valence-electron chi connectivity index (χ0n) is 21.1. The van der Waals surface area contributed by atoms with Gasteiger partial charge in [-0.3, -0.25) is 4.79 Å². The van der Waals surface area contributed by atoms with E-state index in [4.69, 9.17) is 9.72 Å². The lowest BCUT2D eigenvalue weighted by molar-refractivity contribution is -0.121. The number of hydrogen-bond donors (Lipinski definition) is 3. The van der Waals surface area contributed by atoms with E-state index in [0.29, 0.717) is 42.3 Å². The molecule has 1 unspecified atom stereocenters. The zero-order valence-corrected chi connectivity index (χ0v) is 21.1. The Labute approximate surface area is 215 Å². The zero-order chi connectivity index (χ0) is 26.5. The Morgan fingerprint density at radius 3 is 2.59 bits per heavy atom. The number of ether oxygens (including phenoxy) is 1. The molecule has 10 nitrogen and oxygen atoms in total. The van der Waals surface area contributed by atoms with E-state index in [1.54, 1.807) is 43.5 Å². The van der Waals surface area contributed by atoms with Gasteiger partial charge in [0.1, 0.15) is 17.7 Å². The van der Waals surface area contributed by atoms with E-state index in [1.807, 2.05) is 26.0 Å². The van der Waals surface area contributed by atoms with Crippen LogP contribution in [0.2, 0.25) is 0 Å². The van der Waals surface area contributed by atoms with Gasteiger partial charge in [0.2, 0.25) is 5.91 Å². The SMILES string of the molecule is CC(C)Nc1nc([C@@H](C)OC(=O)c2ccccc2)cc2cnc(NC(=O)C3CCCN(C(=O)O)C3)cc12. The summed E-state index contributed by atoms with van der Waals surface area (Å²) in [6, 6.07) is 12.4. The maximum atomic E-state index is 12.8. The third-order valence-electron chi connectivity index (χ3n) is 6.18. The van der Waals surface area contributed by atoms with Crippen molar-refractivity contribution in [2.24, 2.45) is 5.92 Å². The maximum Gasteiger partial charge on any atom is 0.407 e. The fourth-order valence-electron chi connectivity index (χ4n) is 4.28. The number of piperidine rings is 1. The molecule has 3 N–H and O–H groups in total. The number of amides is 2. The van der Waals surface area contributed by atoms with E-state index in [1.165, 1.54) is 4.90 Å². The van der Waals surface area contributed by atoms with Crippen LogP contribution in [0.15, 0.2) is 48.7 Å². The predicted molar refractivity (Wildman–Crippen MR) is 140 cm³/mol. The van der Waals surface area contributed by atoms with Crippen molar-refractivity contribution in [3.05, 3.63) is 59.9 Å². The summed E-state index contributed by atoms with van der Waals surface area (Å²) in [5, 5.41) is 16.9. The minimum Gasteiger partial charge on any atom is -0.465 e. The Hall–Kier alpha value is -4.21. The molecule has 1 aliphatic rings. The van der Waals surface area contributed by atoms with E-state index in [2.05, 4.69) is 15.6 Å². The predicted octanol–water partition coefficient (Wildman–Crippen LogP) is 4.70. The molecule has 10 heteroatoms. The van der Waals surface area contributed by atoms with Crippen LogP contribution in [-0.4, -0.2) is 57.1 Å². The number of hydrogen-bond acceptors (Lipinski definition) is 7. The largest absolute Gasteiger partial charge is 0.465 e. The molecule has 0 saturated carbocycles. The number of likely N-dealkylation sites (tertiary alicyclic amines) is 1. The number of anilines is 2. The molecule has 4 rings (SSSR count). The molecule has 3 aromatic rings. The van der Waals surface area contributed by atoms with Gasteiger partial charge in [-0.25, -0.2) is 19.6 Å². The molecule has 1 fully saturated rings. The van der Waals surface area contributed by atoms with Gasteiger partial charge in [0, 0.05) is 36.1 Å². The molecule has 1 aliphatic heterocycles. The molecule has 0 spiro atoms. The van der Waals surface area contributed by atoms with Gasteiger partial charge in [0.15, 0.2) is 0 Å². The smallest absolute Gasteiger partial charge is 0.407 e. The fraction of sp³-hybridized carbons (Fsp3) is 0.370. The number of pyridine rings is 2. The molecule has 3 heterocycles. The second-order valence-corrected chi connectivity index (χ2v) is 9.46. The quantitative estimate of drug-likeness (QED) is 0.394. The number of nitrogens with zero attached hydrogens (tertiary/aromatic N) is 3. The van der Waals surface area contributed by atoms with Crippen LogP contribution in [0.1, 0.15) is 55.8 Å². The summed E-state index contributed by atoms with van der Waals surface area (Å²) in [5.74, 6) is -0.195. The van der Waals surface area contributed by atoms with Crippen LogP contribution in [0.3, 0.4) is 0 Å². The highest BCUT2D eigenvalue weighted by molar-refractivity contribution is 5.97. The molecule has 194 valence electrons. The lowest BCUT2D eigenvalue weighted by Crippen LogP contribution is -2.43. The monoisotopic (exact) mass is 505 g/mol. The number of carbonyl (C=O) groups is 3. The van der Waals surface area contributed by atoms with Crippen molar-refractivity contribution in [1.82, 2.24) is 14.9 Å². The molecular weight excluding hydrogens is 474 g/mol. The van der Waals surface area contributed by atoms with Gasteiger partial charge in [-0.15, -0.1) is 0 Å². The van der Waals surface area contributed by atoms with E-state index in [-0.39, 0.29) is 18.5 Å². The van der Waals surface area contributed by atoms with Crippen molar-refractivity contribution in [3.8, 4) is 0 Å². The third-order valence-corrected chi connectivity index (χ3v) is 6.18. The molecule has 0 bridgehead atoms. The molecule has 2 amide bonds. The Morgan fingerprint density at radius 2 is 1.89 bits per heavy atom. The third kappa shape index (κ3) is 6.32. The minimum atomic E-state index is -1.02. The number of carboxylic acid groups (broad SMARTS) is 1. The summed E-state index contributed by atoms with van der Waals surface area (Å²) in [4.78, 5) is 47.1. The molecule has 0 aliphatic carbocycles. The van der Waals surface area contributed by atoms with Crippen LogP contribution in [-0.2, 0) is 9.53 Å². The summed E-state index contributed by atoms with van der Waals surface area (Å²) >= 11 is 0. The van der Waals surface area contributed by atoms with Crippen molar-refractivity contribution in [1.29, 1.82) is 0 Å². The minimum absolute atomic E-state index is 0.0728. The van der Waals surface area contributed by atoms with Crippen LogP contribution in [0.5, 0.6) is 0 Å². The van der Waals surface area contributed by atoms with Gasteiger partial charge >= 0.3 is 12.1 Å². The van der Waals surface area contributed by atoms with E-state index in [0.717, 1.165) is 10.8 Å². The van der Waals surface area contributed by atoms with Gasteiger partial charge in [0.25, 0.3) is 0 Å². The van der Waals surface area contributed by atoms with Gasteiger partial charge in [-0.05, 0) is 57.9 Å². The van der Waals surface area contributed by atoms with Crippen LogP contribution >= 0.6 is 0 Å². The molecule has 2 atom stereocenters. The second kappa shape index (κ2) is 11.2. The summed E-state index contributed by atoms with van der Waals surface area (Å²) in [6.45, 7) is 6.34. The van der Waals surface area contributed by atoms with E-state index >= 15 is 0 Å². The molecule has 1 saturated heterocycles. The first-order chi connectivity index (χ1) is 17.7. The standard InChI is InChI=1S/C27H31N5O5/c1-16(2)29-24-21-13-23(31-25(33)19-10-7-11-32(15-19)27(35)36)28-14-20(21)12-22(30-24)17(3)37-26(34)18-8-5-4-6-9-18/h4-6,8-9,12-14,16-17,19H,7,10-11,15H2,1-3H3,(H,29,30)(H,35,36)(H,28,31,33)/t17-,19?/m1/s1. The summed E-state index contributed by atoms with van der Waals surface area (Å²) in [5.41, 5.74) is 1.02. The Balaban J connectivity index is 1.56. The van der Waals surface area contributed by atoms with Crippen LogP contribution < -0.4 is 10.6 Å². The van der Waals surface area contributed by atoms with Crippen LogP contribution in [0, 0.1) is 5.92 Å². The topological polar surface area (TPSA) is 134 Å². The fourth-order valence-corrected chi connectivity index (χ4v) is 4.28. The number of benzene rings is 1. The molecule has 0 radical (unpaired) electrons. The van der Waals surface area contributed by atoms with Crippen LogP contribution in [0.4, 0.5) is 16.4 Å². The van der Waals surface area contributed by atoms with E-state index in [9.17, 15) is 19.5 Å². The van der Waals surface area contributed by atoms with Crippen molar-refractivity contribution >= 4 is 40.4 Å². The number of fused-ring (bicyclic) bond motifs is 1. The highest BCUT2D eigenvalue weighted by Gasteiger charge is 2.28. The Bertz CT molecular complexity index is 1300. The average Bonchev–Trinajstić information content (AvgIpc) is 2.89. The summed E-state index contributed by atoms with van der Waals surface area (Å²) in [6.07, 6.45) is 1.27. The number of carbonyl (C=O) groups excluding carboxylic acids is 2. The first-order valence-electron chi connectivity index (χ1n) is 12.3. The van der Waals surface area contributed by atoms with Crippen LogP contribution in [0.25, 0.3) is 10.8 Å². The second-order valence-electron chi connectivity index (χ2n) is 9.46. The number of esters is 1. The molecule has 2 aromatic heterocycles. The summed E-state index contributed by atoms with van der Waals surface area (Å²) < 4.78 is 5.65. The number of rotatable bonds is 7. The van der Waals surface area contributed by atoms with Crippen molar-refractivity contribution in [3.63, 3.8) is 0 Å². The van der Waals surface area contributed by atoms with Gasteiger partial charge in [-0.2, -0.15) is 0 Å². The highest BCUT2D eigenvalue weighted by atomic mass is 16.5. The maximum absolute atomic E-state index is 12.8. The lowest BCUT2D eigenvalue weighted by Gasteiger charge is -2.29. The van der Waals surface area contributed by atoms with E-state index < -0.39 is 24.1 Å². The average molecular weight is 506 g/mol. The van der Waals surface area contributed by atoms with Crippen molar-refractivity contribution in [2.45, 2.75) is 45.8 Å². The van der Waals surface area contributed by atoms with Gasteiger partial charge < -0.3 is 25.4 Å². The van der Waals surface area contributed by atoms with Gasteiger partial charge in [-0.1, -0.05) is 18.2 Å². The number of aromatic nitrogens is 2. The number of nitrogens with one attached hydrogen (secondary N) is 2. The van der Waals surface area contributed by atoms with Crippen molar-refractivity contribution < 1.29 is 24.2 Å². The van der Waals surface area contributed by atoms with Crippen molar-refractivity contribution in [2.75, 3.05) is 23.7 Å². The summed E-state index contributed by atoms with van der Waals surface area (Å²) in [7, 11) is 0. The molecular formula is C27H31N5O5. The Kier molecular flexibility index (Phi) is 7.86.